The minimum atomic E-state index is -0.161. The summed E-state index contributed by atoms with van der Waals surface area (Å²) in [6.07, 6.45) is 11.2. The first-order valence-electron chi connectivity index (χ1n) is 9.71. The average molecular weight is 349 g/mol. The van der Waals surface area contributed by atoms with E-state index in [-0.39, 0.29) is 11.2 Å². The molecule has 0 aromatic heterocycles. The Morgan fingerprint density at radius 1 is 1.32 bits per heavy atom. The number of hydrogen-bond donors (Lipinski definition) is 0. The molecule has 1 fully saturated rings. The van der Waals surface area contributed by atoms with Gasteiger partial charge in [-0.25, -0.2) is 0 Å². The lowest BCUT2D eigenvalue weighted by atomic mass is 9.83. The number of piperidine rings is 1. The predicted octanol–water partition coefficient (Wildman–Crippen LogP) is 4.66. The number of nitrogens with zero attached hydrogens (tertiary/aromatic N) is 2. The summed E-state index contributed by atoms with van der Waals surface area (Å²) in [6, 6.07) is 0.508. The van der Waals surface area contributed by atoms with E-state index < -0.39 is 0 Å². The molecule has 0 radical (unpaired) electrons. The maximum Gasteiger partial charge on any atom is 0.0923 e. The zero-order valence-electron chi connectivity index (χ0n) is 17.6. The number of rotatable bonds is 9. The quantitative estimate of drug-likeness (QED) is 0.563. The van der Waals surface area contributed by atoms with Gasteiger partial charge in [-0.1, -0.05) is 37.8 Å². The van der Waals surface area contributed by atoms with Gasteiger partial charge in [-0.05, 0) is 73.2 Å². The fourth-order valence-electron chi connectivity index (χ4n) is 3.74. The van der Waals surface area contributed by atoms with Crippen LogP contribution < -0.4 is 0 Å². The molecule has 0 aromatic rings. The molecule has 144 valence electrons. The Morgan fingerprint density at radius 3 is 2.44 bits per heavy atom. The monoisotopic (exact) mass is 348 g/mol. The first-order chi connectivity index (χ1) is 11.7. The van der Waals surface area contributed by atoms with Crippen LogP contribution in [-0.4, -0.2) is 60.8 Å². The van der Waals surface area contributed by atoms with Crippen molar-refractivity contribution in [2.75, 3.05) is 33.7 Å². The van der Waals surface area contributed by atoms with Crippen molar-refractivity contribution in [2.45, 2.75) is 71.1 Å². The van der Waals surface area contributed by atoms with Crippen molar-refractivity contribution >= 4 is 0 Å². The van der Waals surface area contributed by atoms with Crippen LogP contribution in [0.1, 0.15) is 53.9 Å². The summed E-state index contributed by atoms with van der Waals surface area (Å²) in [6.45, 7) is 18.2. The molecule has 1 unspecified atom stereocenters. The van der Waals surface area contributed by atoms with Crippen LogP contribution in [0.3, 0.4) is 0 Å². The molecule has 1 aliphatic rings. The lowest BCUT2D eigenvalue weighted by molar-refractivity contribution is -0.149. The third-order valence-electron chi connectivity index (χ3n) is 5.62. The fourth-order valence-corrected chi connectivity index (χ4v) is 3.74. The van der Waals surface area contributed by atoms with Gasteiger partial charge in [0, 0.05) is 19.1 Å². The third kappa shape index (κ3) is 6.73. The van der Waals surface area contributed by atoms with Crippen LogP contribution in [0.5, 0.6) is 0 Å². The van der Waals surface area contributed by atoms with Crippen molar-refractivity contribution in [3.63, 3.8) is 0 Å². The molecule has 1 heterocycles. The smallest absolute Gasteiger partial charge is 0.0923 e. The van der Waals surface area contributed by atoms with Crippen molar-refractivity contribution < 1.29 is 4.74 Å². The highest BCUT2D eigenvalue weighted by Crippen LogP contribution is 2.38. The van der Waals surface area contributed by atoms with Crippen molar-refractivity contribution in [3.05, 3.63) is 36.5 Å². The van der Waals surface area contributed by atoms with Crippen LogP contribution in [0.4, 0.5) is 0 Å². The zero-order valence-corrected chi connectivity index (χ0v) is 17.6. The lowest BCUT2D eigenvalue weighted by Crippen LogP contribution is -2.51. The molecule has 1 rings (SSSR count). The minimum absolute atomic E-state index is 0.157. The van der Waals surface area contributed by atoms with Gasteiger partial charge in [0.25, 0.3) is 0 Å². The maximum absolute atomic E-state index is 6.89. The number of allylic oxidation sites excluding steroid dienone is 4. The lowest BCUT2D eigenvalue weighted by Gasteiger charge is -2.47. The molecule has 1 aliphatic heterocycles. The van der Waals surface area contributed by atoms with E-state index in [2.05, 4.69) is 77.2 Å². The van der Waals surface area contributed by atoms with Gasteiger partial charge >= 0.3 is 0 Å². The van der Waals surface area contributed by atoms with E-state index in [1.165, 1.54) is 5.57 Å². The van der Waals surface area contributed by atoms with Crippen molar-refractivity contribution in [3.8, 4) is 0 Å². The molecule has 0 saturated carbocycles. The Bertz CT molecular complexity index is 470. The molecule has 0 aromatic carbocycles. The molecule has 1 saturated heterocycles. The van der Waals surface area contributed by atoms with Gasteiger partial charge in [0.2, 0.25) is 0 Å². The van der Waals surface area contributed by atoms with E-state index in [1.54, 1.807) is 0 Å². The van der Waals surface area contributed by atoms with Crippen LogP contribution in [-0.2, 0) is 4.74 Å². The first-order valence-corrected chi connectivity index (χ1v) is 9.71. The molecule has 0 aliphatic carbocycles. The Labute approximate surface area is 156 Å². The van der Waals surface area contributed by atoms with Gasteiger partial charge in [-0.3, -0.25) is 0 Å². The SMILES string of the molecule is C=CC=CC=C(C)C1(OC(C)(C)CC(C)N(C)CC)CCN(C)CC1. The standard InChI is InChI=1S/C22H40N2O/c1-9-11-12-13-19(3)22(14-16-23(7)17-15-22)25-21(5,6)18-20(4)24(8)10-2/h9,11-13,20H,1,10,14-18H2,2-8H3. The molecule has 0 spiro atoms. The topological polar surface area (TPSA) is 15.7 Å². The van der Waals surface area contributed by atoms with Crippen LogP contribution in [0.25, 0.3) is 0 Å². The molecule has 25 heavy (non-hydrogen) atoms. The second kappa shape index (κ2) is 9.70. The Morgan fingerprint density at radius 2 is 1.92 bits per heavy atom. The highest BCUT2D eigenvalue weighted by atomic mass is 16.5. The Balaban J connectivity index is 2.98. The van der Waals surface area contributed by atoms with Gasteiger partial charge in [-0.15, -0.1) is 0 Å². The number of ether oxygens (including phenoxy) is 1. The molecule has 3 nitrogen and oxygen atoms in total. The number of likely N-dealkylation sites (tertiary alicyclic amines) is 1. The summed E-state index contributed by atoms with van der Waals surface area (Å²) in [4.78, 5) is 4.79. The van der Waals surface area contributed by atoms with E-state index in [0.717, 1.165) is 38.9 Å². The van der Waals surface area contributed by atoms with Crippen molar-refractivity contribution in [2.24, 2.45) is 0 Å². The fraction of sp³-hybridized carbons (Fsp3) is 0.727. The number of hydrogen-bond acceptors (Lipinski definition) is 3. The first kappa shape index (κ1) is 22.1. The van der Waals surface area contributed by atoms with Gasteiger partial charge in [-0.2, -0.15) is 0 Å². The van der Waals surface area contributed by atoms with E-state index in [9.17, 15) is 0 Å². The van der Waals surface area contributed by atoms with E-state index >= 15 is 0 Å². The summed E-state index contributed by atoms with van der Waals surface area (Å²) in [7, 11) is 4.39. The van der Waals surface area contributed by atoms with E-state index in [1.807, 2.05) is 12.2 Å². The summed E-state index contributed by atoms with van der Waals surface area (Å²) in [5.41, 5.74) is 1.01. The molecule has 3 heteroatoms. The molecule has 1 atom stereocenters. The van der Waals surface area contributed by atoms with E-state index in [4.69, 9.17) is 4.74 Å². The molecular formula is C22H40N2O. The summed E-state index contributed by atoms with van der Waals surface area (Å²) >= 11 is 0. The second-order valence-electron chi connectivity index (χ2n) is 8.26. The van der Waals surface area contributed by atoms with Crippen LogP contribution >= 0.6 is 0 Å². The normalized spacial score (nSPS) is 21.0. The summed E-state index contributed by atoms with van der Waals surface area (Å²) in [5, 5.41) is 0. The van der Waals surface area contributed by atoms with Crippen LogP contribution in [0.15, 0.2) is 36.5 Å². The van der Waals surface area contributed by atoms with Gasteiger partial charge < -0.3 is 14.5 Å². The Kier molecular flexibility index (Phi) is 8.59. The van der Waals surface area contributed by atoms with Crippen LogP contribution in [0, 0.1) is 0 Å². The largest absolute Gasteiger partial charge is 0.365 e. The summed E-state index contributed by atoms with van der Waals surface area (Å²) < 4.78 is 6.89. The highest BCUT2D eigenvalue weighted by Gasteiger charge is 2.41. The molecule has 0 bridgehead atoms. The molecule has 0 amide bonds. The summed E-state index contributed by atoms with van der Waals surface area (Å²) in [5.74, 6) is 0. The molecule has 0 N–H and O–H groups in total. The van der Waals surface area contributed by atoms with Crippen molar-refractivity contribution in [1.82, 2.24) is 9.80 Å². The third-order valence-corrected chi connectivity index (χ3v) is 5.62. The second-order valence-corrected chi connectivity index (χ2v) is 8.26. The predicted molar refractivity (Wildman–Crippen MR) is 110 cm³/mol. The maximum atomic E-state index is 6.89. The molecular weight excluding hydrogens is 308 g/mol. The Hall–Kier alpha value is -0.900. The van der Waals surface area contributed by atoms with Gasteiger partial charge in [0.05, 0.1) is 11.2 Å². The van der Waals surface area contributed by atoms with E-state index in [0.29, 0.717) is 6.04 Å². The zero-order chi connectivity index (χ0) is 19.1. The highest BCUT2D eigenvalue weighted by molar-refractivity contribution is 5.23. The van der Waals surface area contributed by atoms with Gasteiger partial charge in [0.1, 0.15) is 0 Å². The van der Waals surface area contributed by atoms with Crippen molar-refractivity contribution in [1.29, 1.82) is 0 Å². The minimum Gasteiger partial charge on any atom is -0.365 e. The van der Waals surface area contributed by atoms with Gasteiger partial charge in [0.15, 0.2) is 0 Å². The van der Waals surface area contributed by atoms with Crippen LogP contribution in [0.2, 0.25) is 0 Å². The average Bonchev–Trinajstić information content (AvgIpc) is 2.55.